The number of urea groups is 1. The monoisotopic (exact) mass is 470 g/mol. The van der Waals surface area contributed by atoms with Crippen LogP contribution in [0.5, 0.6) is 0 Å². The lowest BCUT2D eigenvalue weighted by atomic mass is 10.3. The van der Waals surface area contributed by atoms with Crippen molar-refractivity contribution in [3.8, 4) is 5.95 Å². The summed E-state index contributed by atoms with van der Waals surface area (Å²) >= 11 is 12.2. The highest BCUT2D eigenvalue weighted by atomic mass is 35.5. The lowest BCUT2D eigenvalue weighted by molar-refractivity contribution is 0.248. The number of amides is 2. The zero-order chi connectivity index (χ0) is 21.9. The van der Waals surface area contributed by atoms with Crippen molar-refractivity contribution in [2.75, 3.05) is 12.4 Å². The van der Waals surface area contributed by atoms with E-state index in [0.29, 0.717) is 11.8 Å². The Bertz CT molecular complexity index is 1170. The summed E-state index contributed by atoms with van der Waals surface area (Å²) in [6, 6.07) is 2.87. The molecule has 30 heavy (non-hydrogen) atoms. The molecule has 0 saturated carbocycles. The van der Waals surface area contributed by atoms with E-state index in [0.717, 1.165) is 6.07 Å². The summed E-state index contributed by atoms with van der Waals surface area (Å²) in [6.07, 6.45) is 4.43. The van der Waals surface area contributed by atoms with Crippen LogP contribution in [0.15, 0.2) is 41.8 Å². The summed E-state index contributed by atoms with van der Waals surface area (Å²) in [6.45, 7) is 1.69. The van der Waals surface area contributed by atoms with Crippen LogP contribution >= 0.6 is 23.2 Å². The van der Waals surface area contributed by atoms with Crippen molar-refractivity contribution in [3.05, 3.63) is 52.8 Å². The van der Waals surface area contributed by atoms with Gasteiger partial charge < -0.3 is 10.6 Å². The zero-order valence-corrected chi connectivity index (χ0v) is 18.0. The van der Waals surface area contributed by atoms with Gasteiger partial charge in [-0.1, -0.05) is 23.2 Å². The van der Waals surface area contributed by atoms with Crippen LogP contribution in [0.25, 0.3) is 5.95 Å². The minimum atomic E-state index is -3.80. The second kappa shape index (κ2) is 8.92. The molecule has 3 N–H and O–H groups in total. The molecule has 2 heterocycles. The number of rotatable bonds is 6. The van der Waals surface area contributed by atoms with Crippen molar-refractivity contribution in [2.24, 2.45) is 0 Å². The van der Waals surface area contributed by atoms with Crippen LogP contribution in [0.2, 0.25) is 10.0 Å². The van der Waals surface area contributed by atoms with E-state index in [2.05, 4.69) is 35.4 Å². The maximum atomic E-state index is 12.4. The van der Waals surface area contributed by atoms with Gasteiger partial charge in [-0.2, -0.15) is 9.78 Å². The van der Waals surface area contributed by atoms with E-state index in [4.69, 9.17) is 23.2 Å². The predicted octanol–water partition coefficient (Wildman–Crippen LogP) is 2.15. The number of aromatic nitrogens is 5. The maximum absolute atomic E-state index is 12.4. The van der Waals surface area contributed by atoms with Crippen LogP contribution in [0.1, 0.15) is 18.8 Å². The van der Waals surface area contributed by atoms with Gasteiger partial charge in [0, 0.05) is 12.4 Å². The normalized spacial score (nSPS) is 12.4. The minimum Gasteiger partial charge on any atom is -0.328 e. The Kier molecular flexibility index (Phi) is 6.51. The molecule has 0 fully saturated rings. The third kappa shape index (κ3) is 4.67. The number of carbonyl (C=O) groups excluding carboxylic acids is 1. The lowest BCUT2D eigenvalue weighted by Crippen LogP contribution is -2.33. The Morgan fingerprint density at radius 1 is 1.13 bits per heavy atom. The molecule has 1 unspecified atom stereocenters. The van der Waals surface area contributed by atoms with Crippen LogP contribution in [0.3, 0.4) is 0 Å². The molecule has 3 aromatic rings. The number of benzene rings is 1. The highest BCUT2D eigenvalue weighted by molar-refractivity contribution is 7.89. The van der Waals surface area contributed by atoms with Gasteiger partial charge in [-0.15, -0.1) is 0 Å². The molecular formula is C16H16Cl2N8O3S. The third-order valence-electron chi connectivity index (χ3n) is 3.88. The number of hydrogen-bond acceptors (Lipinski definition) is 7. The minimum absolute atomic E-state index is 0.00289. The largest absolute Gasteiger partial charge is 0.328 e. The van der Waals surface area contributed by atoms with Crippen LogP contribution in [0, 0.1) is 0 Å². The Morgan fingerprint density at radius 2 is 1.83 bits per heavy atom. The third-order valence-corrected chi connectivity index (χ3v) is 6.07. The summed E-state index contributed by atoms with van der Waals surface area (Å²) in [5.41, 5.74) is 0.134. The fourth-order valence-corrected chi connectivity index (χ4v) is 4.01. The average Bonchev–Trinajstić information content (AvgIpc) is 3.21. The molecule has 0 bridgehead atoms. The molecule has 0 saturated heterocycles. The lowest BCUT2D eigenvalue weighted by Gasteiger charge is -2.16. The molecule has 0 spiro atoms. The Labute approximate surface area is 181 Å². The van der Waals surface area contributed by atoms with Gasteiger partial charge in [0.1, 0.15) is 11.2 Å². The van der Waals surface area contributed by atoms with Gasteiger partial charge in [-0.05, 0) is 32.2 Å². The first-order chi connectivity index (χ1) is 14.2. The first-order valence-electron chi connectivity index (χ1n) is 8.40. The van der Waals surface area contributed by atoms with Gasteiger partial charge in [0.25, 0.3) is 5.95 Å². The predicted molar refractivity (Wildman–Crippen MR) is 110 cm³/mol. The average molecular weight is 471 g/mol. The number of hydrogen-bond donors (Lipinski definition) is 3. The van der Waals surface area contributed by atoms with Gasteiger partial charge >= 0.3 is 6.03 Å². The smallest absolute Gasteiger partial charge is 0.319 e. The van der Waals surface area contributed by atoms with E-state index in [9.17, 15) is 13.2 Å². The van der Waals surface area contributed by atoms with E-state index in [1.54, 1.807) is 25.4 Å². The second-order valence-electron chi connectivity index (χ2n) is 5.87. The Balaban J connectivity index is 1.76. The molecule has 0 aliphatic carbocycles. The highest BCUT2D eigenvalue weighted by Gasteiger charge is 2.21. The van der Waals surface area contributed by atoms with E-state index in [-0.39, 0.29) is 20.6 Å². The highest BCUT2D eigenvalue weighted by Crippen LogP contribution is 2.32. The quantitative estimate of drug-likeness (QED) is 0.500. The number of nitrogens with one attached hydrogen (secondary N) is 3. The van der Waals surface area contributed by atoms with Gasteiger partial charge in [0.2, 0.25) is 10.0 Å². The molecular weight excluding hydrogens is 455 g/mol. The molecule has 2 amide bonds. The standard InChI is InChI=1S/C16H16Cl2N8O3S/c1-9(14-22-8-23-26(14)15-20-4-3-5-21-15)24-16(27)25-12-6-11(18)13(7-10(12)17)30(28,29)19-2/h3-9,19H,1-2H3,(H2,24,25,27). The van der Waals surface area contributed by atoms with Gasteiger partial charge in [-0.25, -0.2) is 32.9 Å². The van der Waals surface area contributed by atoms with Gasteiger partial charge in [-0.3, -0.25) is 0 Å². The van der Waals surface area contributed by atoms with Crippen molar-refractivity contribution in [3.63, 3.8) is 0 Å². The molecule has 0 radical (unpaired) electrons. The number of nitrogens with zero attached hydrogens (tertiary/aromatic N) is 5. The van der Waals surface area contributed by atoms with Crippen molar-refractivity contribution < 1.29 is 13.2 Å². The van der Waals surface area contributed by atoms with E-state index in [1.807, 2.05) is 0 Å². The molecule has 0 aliphatic rings. The second-order valence-corrected chi connectivity index (χ2v) is 8.54. The molecule has 11 nitrogen and oxygen atoms in total. The SMILES string of the molecule is CNS(=O)(=O)c1cc(Cl)c(NC(=O)NC(C)c2ncnn2-c2ncccn2)cc1Cl. The van der Waals surface area contributed by atoms with Crippen molar-refractivity contribution in [1.82, 2.24) is 34.8 Å². The first-order valence-corrected chi connectivity index (χ1v) is 10.6. The summed E-state index contributed by atoms with van der Waals surface area (Å²) in [4.78, 5) is 24.6. The van der Waals surface area contributed by atoms with Crippen LogP contribution in [-0.4, -0.2) is 46.2 Å². The topological polar surface area (TPSA) is 144 Å². The number of carbonyl (C=O) groups is 1. The van der Waals surface area contributed by atoms with Crippen molar-refractivity contribution in [1.29, 1.82) is 0 Å². The first kappa shape index (κ1) is 21.9. The fourth-order valence-electron chi connectivity index (χ4n) is 2.46. The summed E-state index contributed by atoms with van der Waals surface area (Å²) in [5, 5.41) is 9.18. The number of sulfonamides is 1. The molecule has 1 atom stereocenters. The van der Waals surface area contributed by atoms with Crippen molar-refractivity contribution in [2.45, 2.75) is 17.9 Å². The maximum Gasteiger partial charge on any atom is 0.319 e. The number of halogens is 2. The summed E-state index contributed by atoms with van der Waals surface area (Å²) in [5.74, 6) is 0.700. The van der Waals surface area contributed by atoms with Crippen LogP contribution in [-0.2, 0) is 10.0 Å². The van der Waals surface area contributed by atoms with Crippen molar-refractivity contribution >= 4 is 44.9 Å². The van der Waals surface area contributed by atoms with E-state index in [1.165, 1.54) is 24.1 Å². The molecule has 158 valence electrons. The fraction of sp³-hybridized carbons (Fsp3) is 0.188. The Hall–Kier alpha value is -2.80. The molecule has 0 aliphatic heterocycles. The molecule has 2 aromatic heterocycles. The Morgan fingerprint density at radius 3 is 2.50 bits per heavy atom. The zero-order valence-electron chi connectivity index (χ0n) is 15.7. The van der Waals surface area contributed by atoms with E-state index >= 15 is 0 Å². The molecule has 14 heteroatoms. The number of anilines is 1. The van der Waals surface area contributed by atoms with Gasteiger partial charge in [0.15, 0.2) is 5.82 Å². The van der Waals surface area contributed by atoms with Gasteiger partial charge in [0.05, 0.1) is 21.8 Å². The molecule has 3 rings (SSSR count). The summed E-state index contributed by atoms with van der Waals surface area (Å²) < 4.78 is 27.5. The molecule has 1 aromatic carbocycles. The van der Waals surface area contributed by atoms with Crippen LogP contribution in [0.4, 0.5) is 10.5 Å². The summed E-state index contributed by atoms with van der Waals surface area (Å²) in [7, 11) is -2.55. The van der Waals surface area contributed by atoms with E-state index < -0.39 is 22.1 Å². The van der Waals surface area contributed by atoms with Crippen LogP contribution < -0.4 is 15.4 Å².